The first-order valence-electron chi connectivity index (χ1n) is 4.22. The number of hydrogen-bond donors (Lipinski definition) is 0. The van der Waals surface area contributed by atoms with E-state index in [2.05, 4.69) is 20.9 Å². The van der Waals surface area contributed by atoms with Gasteiger partial charge in [0.05, 0.1) is 6.20 Å². The lowest BCUT2D eigenvalue weighted by molar-refractivity contribution is 0.260. The van der Waals surface area contributed by atoms with Crippen LogP contribution in [0.25, 0.3) is 0 Å². The molecule has 1 aromatic carbocycles. The predicted octanol–water partition coefficient (Wildman–Crippen LogP) is 3.16. The molecule has 78 valence electrons. The van der Waals surface area contributed by atoms with E-state index in [4.69, 9.17) is 9.15 Å². The highest BCUT2D eigenvalue weighted by Gasteiger charge is 2.02. The van der Waals surface area contributed by atoms with Crippen LogP contribution in [0.4, 0.5) is 4.39 Å². The van der Waals surface area contributed by atoms with Crippen LogP contribution in [0.3, 0.4) is 0 Å². The van der Waals surface area contributed by atoms with Gasteiger partial charge in [-0.25, -0.2) is 9.37 Å². The summed E-state index contributed by atoms with van der Waals surface area (Å²) < 4.78 is 23.6. The molecule has 0 N–H and O–H groups in total. The van der Waals surface area contributed by atoms with Crippen LogP contribution in [0, 0.1) is 5.82 Å². The van der Waals surface area contributed by atoms with Crippen molar-refractivity contribution in [2.45, 2.75) is 6.61 Å². The average molecular weight is 272 g/mol. The highest BCUT2D eigenvalue weighted by atomic mass is 79.9. The summed E-state index contributed by atoms with van der Waals surface area (Å²) >= 11 is 3.13. The van der Waals surface area contributed by atoms with Gasteiger partial charge in [-0.05, 0) is 40.2 Å². The van der Waals surface area contributed by atoms with Gasteiger partial charge in [-0.3, -0.25) is 0 Å². The third-order valence-corrected chi connectivity index (χ3v) is 2.07. The maximum absolute atomic E-state index is 12.6. The molecule has 2 aromatic rings. The lowest BCUT2D eigenvalue weighted by Crippen LogP contribution is -1.95. The quantitative estimate of drug-likeness (QED) is 0.860. The van der Waals surface area contributed by atoms with E-state index < -0.39 is 0 Å². The first kappa shape index (κ1) is 10.2. The van der Waals surface area contributed by atoms with Gasteiger partial charge >= 0.3 is 0 Å². The van der Waals surface area contributed by atoms with Gasteiger partial charge in [0.2, 0.25) is 5.89 Å². The van der Waals surface area contributed by atoms with Crippen LogP contribution in [0.2, 0.25) is 0 Å². The second-order valence-electron chi connectivity index (χ2n) is 2.80. The van der Waals surface area contributed by atoms with Crippen molar-refractivity contribution in [1.82, 2.24) is 4.98 Å². The molecule has 1 heterocycles. The van der Waals surface area contributed by atoms with Gasteiger partial charge in [0.15, 0.2) is 11.3 Å². The molecule has 1 aromatic heterocycles. The number of halogens is 2. The van der Waals surface area contributed by atoms with Crippen molar-refractivity contribution in [2.75, 3.05) is 0 Å². The third-order valence-electron chi connectivity index (χ3n) is 1.70. The van der Waals surface area contributed by atoms with Crippen molar-refractivity contribution in [3.63, 3.8) is 0 Å². The lowest BCUT2D eigenvalue weighted by atomic mass is 10.3. The monoisotopic (exact) mass is 271 g/mol. The summed E-state index contributed by atoms with van der Waals surface area (Å²) in [5.41, 5.74) is 0. The fourth-order valence-electron chi connectivity index (χ4n) is 1.03. The molecule has 3 nitrogen and oxygen atoms in total. The number of benzene rings is 1. The van der Waals surface area contributed by atoms with Crippen LogP contribution in [0.5, 0.6) is 5.75 Å². The minimum absolute atomic E-state index is 0.219. The summed E-state index contributed by atoms with van der Waals surface area (Å²) in [5, 5.41) is 0. The van der Waals surface area contributed by atoms with Crippen molar-refractivity contribution in [3.8, 4) is 5.75 Å². The Morgan fingerprint density at radius 3 is 2.67 bits per heavy atom. The Hall–Kier alpha value is -1.36. The molecule has 0 unspecified atom stereocenters. The number of rotatable bonds is 3. The van der Waals surface area contributed by atoms with E-state index in [-0.39, 0.29) is 12.4 Å². The molecule has 0 atom stereocenters. The Bertz CT molecular complexity index is 441. The fraction of sp³-hybridized carbons (Fsp3) is 0.100. The van der Waals surface area contributed by atoms with E-state index in [1.165, 1.54) is 12.1 Å². The second-order valence-corrected chi connectivity index (χ2v) is 3.58. The van der Waals surface area contributed by atoms with Crippen molar-refractivity contribution in [2.24, 2.45) is 0 Å². The van der Waals surface area contributed by atoms with Crippen molar-refractivity contribution < 1.29 is 13.5 Å². The molecule has 0 aliphatic heterocycles. The summed E-state index contributed by atoms with van der Waals surface area (Å²) in [6.07, 6.45) is 1.54. The molecule has 15 heavy (non-hydrogen) atoms. The Balaban J connectivity index is 1.96. The zero-order chi connectivity index (χ0) is 10.7. The third kappa shape index (κ3) is 2.79. The molecule has 0 saturated heterocycles. The number of nitrogens with zero attached hydrogens (tertiary/aromatic N) is 1. The number of ether oxygens (including phenoxy) is 1. The SMILES string of the molecule is Fc1ccc(OCc2ncc(Br)o2)cc1. The van der Waals surface area contributed by atoms with Crippen molar-refractivity contribution in [1.29, 1.82) is 0 Å². The van der Waals surface area contributed by atoms with Gasteiger partial charge in [0.1, 0.15) is 11.6 Å². The molecule has 0 radical (unpaired) electrons. The van der Waals surface area contributed by atoms with Crippen molar-refractivity contribution in [3.05, 3.63) is 46.8 Å². The minimum Gasteiger partial charge on any atom is -0.484 e. The standard InChI is InChI=1S/C10H7BrFNO2/c11-9-5-13-10(15-9)6-14-8-3-1-7(12)2-4-8/h1-5H,6H2. The molecule has 0 fully saturated rings. The van der Waals surface area contributed by atoms with Crippen LogP contribution < -0.4 is 4.74 Å². The average Bonchev–Trinajstić information content (AvgIpc) is 2.64. The van der Waals surface area contributed by atoms with E-state index in [0.29, 0.717) is 16.3 Å². The molecule has 0 saturated carbocycles. The smallest absolute Gasteiger partial charge is 0.233 e. The summed E-state index contributed by atoms with van der Waals surface area (Å²) in [5.74, 6) is 0.748. The second kappa shape index (κ2) is 4.44. The van der Waals surface area contributed by atoms with Crippen molar-refractivity contribution >= 4 is 15.9 Å². The van der Waals surface area contributed by atoms with Crippen LogP contribution in [-0.4, -0.2) is 4.98 Å². The van der Waals surface area contributed by atoms with Gasteiger partial charge in [0, 0.05) is 0 Å². The van der Waals surface area contributed by atoms with Crippen LogP contribution in [0.15, 0.2) is 39.5 Å². The number of hydrogen-bond acceptors (Lipinski definition) is 3. The van der Waals surface area contributed by atoms with Crippen LogP contribution in [-0.2, 0) is 6.61 Å². The Kier molecular flexibility index (Phi) is 3.01. The summed E-state index contributed by atoms with van der Waals surface area (Å²) in [6, 6.07) is 5.77. The maximum Gasteiger partial charge on any atom is 0.233 e. The van der Waals surface area contributed by atoms with Crippen LogP contribution in [0.1, 0.15) is 5.89 Å². The van der Waals surface area contributed by atoms with Crippen LogP contribution >= 0.6 is 15.9 Å². The number of aromatic nitrogens is 1. The van der Waals surface area contributed by atoms with Gasteiger partial charge in [-0.2, -0.15) is 0 Å². The summed E-state index contributed by atoms with van der Waals surface area (Å²) in [4.78, 5) is 3.94. The van der Waals surface area contributed by atoms with E-state index in [1.807, 2.05) is 0 Å². The first-order chi connectivity index (χ1) is 7.24. The fourth-order valence-corrected chi connectivity index (χ4v) is 1.32. The highest BCUT2D eigenvalue weighted by molar-refractivity contribution is 9.10. The van der Waals surface area contributed by atoms with E-state index in [9.17, 15) is 4.39 Å². The molecule has 0 spiro atoms. The minimum atomic E-state index is -0.291. The Morgan fingerprint density at radius 1 is 1.33 bits per heavy atom. The van der Waals surface area contributed by atoms with Gasteiger partial charge < -0.3 is 9.15 Å². The van der Waals surface area contributed by atoms with E-state index in [0.717, 1.165) is 0 Å². The zero-order valence-corrected chi connectivity index (χ0v) is 9.20. The topological polar surface area (TPSA) is 35.3 Å². The molecule has 0 aliphatic rings. The Labute approximate surface area is 94.0 Å². The highest BCUT2D eigenvalue weighted by Crippen LogP contribution is 2.15. The summed E-state index contributed by atoms with van der Waals surface area (Å²) in [7, 11) is 0. The largest absolute Gasteiger partial charge is 0.484 e. The predicted molar refractivity (Wildman–Crippen MR) is 54.9 cm³/mol. The van der Waals surface area contributed by atoms with E-state index in [1.54, 1.807) is 18.3 Å². The van der Waals surface area contributed by atoms with E-state index >= 15 is 0 Å². The number of oxazole rings is 1. The Morgan fingerprint density at radius 2 is 2.07 bits per heavy atom. The zero-order valence-electron chi connectivity index (χ0n) is 7.61. The lowest BCUT2D eigenvalue weighted by Gasteiger charge is -2.02. The normalized spacial score (nSPS) is 10.3. The molecule has 0 bridgehead atoms. The maximum atomic E-state index is 12.6. The van der Waals surface area contributed by atoms with Gasteiger partial charge in [-0.1, -0.05) is 0 Å². The molecule has 2 rings (SSSR count). The molecular formula is C10H7BrFNO2. The molecule has 5 heteroatoms. The molecule has 0 amide bonds. The van der Waals surface area contributed by atoms with Gasteiger partial charge in [-0.15, -0.1) is 0 Å². The molecular weight excluding hydrogens is 265 g/mol. The molecule has 0 aliphatic carbocycles. The van der Waals surface area contributed by atoms with Gasteiger partial charge in [0.25, 0.3) is 0 Å². The summed E-state index contributed by atoms with van der Waals surface area (Å²) in [6.45, 7) is 0.219. The first-order valence-corrected chi connectivity index (χ1v) is 5.02.